The molecular formula is C22H28F3N3O2. The molecular weight excluding hydrogens is 395 g/mol. The Kier molecular flexibility index (Phi) is 4.55. The topological polar surface area (TPSA) is 67.2 Å². The Morgan fingerprint density at radius 2 is 1.87 bits per heavy atom. The van der Waals surface area contributed by atoms with Gasteiger partial charge in [0.1, 0.15) is 0 Å². The molecule has 5 nitrogen and oxygen atoms in total. The van der Waals surface area contributed by atoms with Crippen LogP contribution in [0.25, 0.3) is 11.0 Å². The first-order valence-electron chi connectivity index (χ1n) is 10.4. The number of anilines is 1. The number of amides is 1. The van der Waals surface area contributed by atoms with Gasteiger partial charge in [0.2, 0.25) is 11.9 Å². The van der Waals surface area contributed by atoms with E-state index in [-0.39, 0.29) is 24.3 Å². The predicted molar refractivity (Wildman–Crippen MR) is 108 cm³/mol. The second kappa shape index (κ2) is 6.45. The average molecular weight is 423 g/mol. The maximum atomic E-state index is 13.5. The number of alkyl halides is 3. The van der Waals surface area contributed by atoms with Crippen LogP contribution < -0.4 is 5.32 Å². The van der Waals surface area contributed by atoms with Crippen molar-refractivity contribution in [2.45, 2.75) is 77.1 Å². The number of aliphatic hydroxyl groups is 1. The van der Waals surface area contributed by atoms with Crippen molar-refractivity contribution >= 4 is 22.9 Å². The van der Waals surface area contributed by atoms with Crippen molar-refractivity contribution in [1.29, 1.82) is 0 Å². The molecule has 30 heavy (non-hydrogen) atoms. The smallest absolute Gasteiger partial charge is 0.386 e. The highest BCUT2D eigenvalue weighted by Gasteiger charge is 2.67. The van der Waals surface area contributed by atoms with Crippen molar-refractivity contribution in [3.8, 4) is 0 Å². The molecule has 0 spiro atoms. The van der Waals surface area contributed by atoms with Gasteiger partial charge >= 0.3 is 6.18 Å². The average Bonchev–Trinajstić information content (AvgIpc) is 3.35. The summed E-state index contributed by atoms with van der Waals surface area (Å²) >= 11 is 0. The van der Waals surface area contributed by atoms with E-state index in [1.54, 1.807) is 26.0 Å². The highest BCUT2D eigenvalue weighted by molar-refractivity contribution is 5.94. The molecule has 1 aromatic heterocycles. The van der Waals surface area contributed by atoms with Crippen LogP contribution in [0.3, 0.4) is 0 Å². The van der Waals surface area contributed by atoms with E-state index in [4.69, 9.17) is 0 Å². The predicted octanol–water partition coefficient (Wildman–Crippen LogP) is 5.08. The quantitative estimate of drug-likeness (QED) is 0.705. The molecule has 1 heterocycles. The van der Waals surface area contributed by atoms with Gasteiger partial charge in [0.05, 0.1) is 22.0 Å². The summed E-state index contributed by atoms with van der Waals surface area (Å²) in [5, 5.41) is 13.1. The van der Waals surface area contributed by atoms with E-state index in [1.807, 2.05) is 10.6 Å². The molecule has 1 aromatic carbocycles. The molecule has 2 aliphatic rings. The third-order valence-corrected chi connectivity index (χ3v) is 7.14. The minimum atomic E-state index is -4.40. The second-order valence-electron chi connectivity index (χ2n) is 9.75. The first-order valence-corrected chi connectivity index (χ1v) is 10.4. The third kappa shape index (κ3) is 3.20. The zero-order valence-electron chi connectivity index (χ0n) is 17.7. The fourth-order valence-corrected chi connectivity index (χ4v) is 4.56. The van der Waals surface area contributed by atoms with E-state index in [0.29, 0.717) is 11.1 Å². The summed E-state index contributed by atoms with van der Waals surface area (Å²) in [5.41, 5.74) is -1.15. The Bertz CT molecular complexity index is 995. The summed E-state index contributed by atoms with van der Waals surface area (Å²) in [7, 11) is 0. The number of benzene rings is 1. The summed E-state index contributed by atoms with van der Waals surface area (Å²) in [6.45, 7) is 6.79. The zero-order valence-corrected chi connectivity index (χ0v) is 17.7. The maximum absolute atomic E-state index is 13.5. The van der Waals surface area contributed by atoms with Gasteiger partial charge in [0, 0.05) is 11.5 Å². The molecule has 4 rings (SSSR count). The van der Waals surface area contributed by atoms with Gasteiger partial charge in [-0.15, -0.1) is 0 Å². The molecule has 0 saturated heterocycles. The first-order chi connectivity index (χ1) is 13.8. The van der Waals surface area contributed by atoms with Crippen LogP contribution in [0.15, 0.2) is 18.2 Å². The van der Waals surface area contributed by atoms with Crippen LogP contribution in [-0.2, 0) is 15.9 Å². The lowest BCUT2D eigenvalue weighted by atomic mass is 9.78. The molecule has 8 heteroatoms. The van der Waals surface area contributed by atoms with E-state index >= 15 is 0 Å². The highest BCUT2D eigenvalue weighted by atomic mass is 19.4. The lowest BCUT2D eigenvalue weighted by Crippen LogP contribution is -2.41. The lowest BCUT2D eigenvalue weighted by Gasteiger charge is -2.41. The van der Waals surface area contributed by atoms with Crippen LogP contribution in [0.1, 0.15) is 65.4 Å². The molecule has 2 fully saturated rings. The summed E-state index contributed by atoms with van der Waals surface area (Å²) in [6.07, 6.45) is -1.64. The van der Waals surface area contributed by atoms with Gasteiger partial charge in [-0.2, -0.15) is 13.2 Å². The van der Waals surface area contributed by atoms with E-state index in [9.17, 15) is 23.1 Å². The summed E-state index contributed by atoms with van der Waals surface area (Å²) < 4.78 is 42.4. The number of hydrogen-bond acceptors (Lipinski definition) is 3. The second-order valence-corrected chi connectivity index (χ2v) is 9.75. The molecule has 1 atom stereocenters. The van der Waals surface area contributed by atoms with Crippen molar-refractivity contribution in [2.75, 3.05) is 5.32 Å². The number of hydrogen-bond donors (Lipinski definition) is 2. The van der Waals surface area contributed by atoms with Crippen molar-refractivity contribution in [3.05, 3.63) is 23.8 Å². The van der Waals surface area contributed by atoms with Gasteiger partial charge in [-0.1, -0.05) is 13.0 Å². The van der Waals surface area contributed by atoms with Crippen molar-refractivity contribution in [3.63, 3.8) is 0 Å². The zero-order chi connectivity index (χ0) is 22.1. The largest absolute Gasteiger partial charge is 0.395 e. The molecule has 2 N–H and O–H groups in total. The number of rotatable bonds is 5. The Labute approximate surface area is 173 Å². The molecule has 1 amide bonds. The number of aromatic nitrogens is 2. The van der Waals surface area contributed by atoms with Gasteiger partial charge < -0.3 is 9.67 Å². The lowest BCUT2D eigenvalue weighted by molar-refractivity contribution is -0.201. The fourth-order valence-electron chi connectivity index (χ4n) is 4.56. The van der Waals surface area contributed by atoms with E-state index in [2.05, 4.69) is 17.2 Å². The standard InChI is InChI=1S/C22H28F3N3O2/c1-13(21(10-11-21)22(23,24)25)17(29)27-18-26-15-7-6-14(19(2,3)30)12-16(15)28(18)20(4)8-5-9-20/h6-7,12-13,30H,5,8-11H2,1-4H3,(H,26,27,29). The number of imidazole rings is 1. The minimum Gasteiger partial charge on any atom is -0.386 e. The molecule has 0 bridgehead atoms. The van der Waals surface area contributed by atoms with Gasteiger partial charge in [-0.25, -0.2) is 4.98 Å². The number of carbonyl (C=O) groups is 1. The summed E-state index contributed by atoms with van der Waals surface area (Å²) in [4.78, 5) is 17.4. The van der Waals surface area contributed by atoms with Crippen LogP contribution in [-0.4, -0.2) is 26.7 Å². The Morgan fingerprint density at radius 3 is 2.33 bits per heavy atom. The van der Waals surface area contributed by atoms with Crippen molar-refractivity contribution < 1.29 is 23.1 Å². The number of fused-ring (bicyclic) bond motifs is 1. The van der Waals surface area contributed by atoms with Gasteiger partial charge in [-0.3, -0.25) is 10.1 Å². The molecule has 0 radical (unpaired) electrons. The number of halogens is 3. The summed E-state index contributed by atoms with van der Waals surface area (Å²) in [5.74, 6) is -1.58. The van der Waals surface area contributed by atoms with Crippen LogP contribution in [0.2, 0.25) is 0 Å². The van der Waals surface area contributed by atoms with Crippen LogP contribution in [0, 0.1) is 11.3 Å². The number of nitrogens with one attached hydrogen (secondary N) is 1. The van der Waals surface area contributed by atoms with Gasteiger partial charge in [0.15, 0.2) is 0 Å². The maximum Gasteiger partial charge on any atom is 0.395 e. The van der Waals surface area contributed by atoms with E-state index in [1.165, 1.54) is 6.92 Å². The molecule has 2 aliphatic carbocycles. The minimum absolute atomic E-state index is 0.0197. The monoisotopic (exact) mass is 423 g/mol. The van der Waals surface area contributed by atoms with Crippen molar-refractivity contribution in [1.82, 2.24) is 9.55 Å². The van der Waals surface area contributed by atoms with E-state index in [0.717, 1.165) is 24.8 Å². The number of nitrogens with zero attached hydrogens (tertiary/aromatic N) is 2. The molecule has 2 saturated carbocycles. The molecule has 1 unspecified atom stereocenters. The summed E-state index contributed by atoms with van der Waals surface area (Å²) in [6, 6.07) is 5.40. The number of carbonyl (C=O) groups excluding carboxylic acids is 1. The SMILES string of the molecule is CC(C(=O)Nc1nc2ccc(C(C)(C)O)cc2n1C1(C)CCC1)C1(C(F)(F)F)CC1. The van der Waals surface area contributed by atoms with Crippen LogP contribution >= 0.6 is 0 Å². The van der Waals surface area contributed by atoms with Crippen LogP contribution in [0.5, 0.6) is 0 Å². The molecule has 2 aromatic rings. The normalized spacial score (nSPS) is 21.2. The van der Waals surface area contributed by atoms with Crippen LogP contribution in [0.4, 0.5) is 19.1 Å². The fraction of sp³-hybridized carbons (Fsp3) is 0.636. The van der Waals surface area contributed by atoms with Crippen molar-refractivity contribution in [2.24, 2.45) is 11.3 Å². The molecule has 164 valence electrons. The molecule has 0 aliphatic heterocycles. The first kappa shape index (κ1) is 21.2. The Balaban J connectivity index is 1.74. The highest BCUT2D eigenvalue weighted by Crippen LogP contribution is 2.62. The van der Waals surface area contributed by atoms with Gasteiger partial charge in [-0.05, 0) is 70.6 Å². The Morgan fingerprint density at radius 1 is 1.23 bits per heavy atom. The third-order valence-electron chi connectivity index (χ3n) is 7.14. The Hall–Kier alpha value is -2.09. The van der Waals surface area contributed by atoms with Gasteiger partial charge in [0.25, 0.3) is 0 Å². The van der Waals surface area contributed by atoms with E-state index < -0.39 is 29.0 Å².